The van der Waals surface area contributed by atoms with Gasteiger partial charge in [-0.15, -0.1) is 11.3 Å². The van der Waals surface area contributed by atoms with Gasteiger partial charge >= 0.3 is 5.97 Å². The molecule has 2 aromatic heterocycles. The maximum atomic E-state index is 13.5. The number of ether oxygens (including phenoxy) is 2. The Morgan fingerprint density at radius 1 is 1.22 bits per heavy atom. The Balaban J connectivity index is 1.89. The molecule has 1 atom stereocenters. The number of halogens is 2. The Kier molecular flexibility index (Phi) is 6.97. The molecule has 0 amide bonds. The lowest BCUT2D eigenvalue weighted by atomic mass is 10.0. The van der Waals surface area contributed by atoms with Crippen molar-refractivity contribution in [1.82, 2.24) is 4.57 Å². The van der Waals surface area contributed by atoms with Crippen molar-refractivity contribution in [3.8, 4) is 0 Å². The minimum absolute atomic E-state index is 0.110. The fourth-order valence-corrected chi connectivity index (χ4v) is 5.73. The molecule has 1 aliphatic rings. The van der Waals surface area contributed by atoms with Gasteiger partial charge in [0.15, 0.2) is 4.80 Å². The van der Waals surface area contributed by atoms with Crippen molar-refractivity contribution < 1.29 is 14.3 Å². The average Bonchev–Trinajstić information content (AvgIpc) is 3.39. The van der Waals surface area contributed by atoms with E-state index in [1.807, 2.05) is 17.5 Å². The molecule has 0 radical (unpaired) electrons. The molecule has 1 aliphatic heterocycles. The van der Waals surface area contributed by atoms with Crippen molar-refractivity contribution in [2.75, 3.05) is 20.3 Å². The number of benzene rings is 1. The van der Waals surface area contributed by atoms with Gasteiger partial charge in [-0.3, -0.25) is 9.36 Å². The van der Waals surface area contributed by atoms with Crippen LogP contribution in [0, 0.1) is 0 Å². The molecule has 0 aliphatic carbocycles. The Hall–Kier alpha value is -2.23. The second-order valence-electron chi connectivity index (χ2n) is 6.86. The van der Waals surface area contributed by atoms with E-state index in [2.05, 4.69) is 4.99 Å². The molecule has 10 heteroatoms. The highest BCUT2D eigenvalue weighted by atomic mass is 35.5. The summed E-state index contributed by atoms with van der Waals surface area (Å²) in [6.07, 6.45) is 1.66. The molecule has 0 spiro atoms. The fraction of sp³-hybridized carbons (Fsp3) is 0.227. The minimum atomic E-state index is -0.634. The van der Waals surface area contributed by atoms with E-state index in [4.69, 9.17) is 32.7 Å². The van der Waals surface area contributed by atoms with E-state index in [1.54, 1.807) is 31.2 Å². The Morgan fingerprint density at radius 2 is 1.97 bits per heavy atom. The molecule has 0 fully saturated rings. The van der Waals surface area contributed by atoms with Crippen molar-refractivity contribution in [3.63, 3.8) is 0 Å². The van der Waals surface area contributed by atoms with Crippen LogP contribution >= 0.6 is 45.9 Å². The summed E-state index contributed by atoms with van der Waals surface area (Å²) >= 11 is 15.3. The number of allylic oxidation sites excluding steroid dienone is 1. The third kappa shape index (κ3) is 4.33. The molecular formula is C22H18Cl2N2O4S2. The number of aromatic nitrogens is 1. The molecule has 4 rings (SSSR count). The molecule has 0 N–H and O–H groups in total. The number of carbonyl (C=O) groups excluding carboxylic acids is 1. The number of hydrogen-bond acceptors (Lipinski definition) is 7. The number of nitrogens with zero attached hydrogens (tertiary/aromatic N) is 2. The van der Waals surface area contributed by atoms with Gasteiger partial charge in [-0.1, -0.05) is 46.7 Å². The van der Waals surface area contributed by atoms with Crippen LogP contribution in [-0.4, -0.2) is 30.9 Å². The van der Waals surface area contributed by atoms with Crippen LogP contribution in [0.2, 0.25) is 10.0 Å². The van der Waals surface area contributed by atoms with Gasteiger partial charge in [-0.05, 0) is 36.6 Å². The summed E-state index contributed by atoms with van der Waals surface area (Å²) in [5.41, 5.74) is 1.12. The number of carbonyl (C=O) groups is 1. The normalized spacial score (nSPS) is 16.1. The highest BCUT2D eigenvalue weighted by Gasteiger charge is 2.34. The second-order valence-corrected chi connectivity index (χ2v) is 9.66. The van der Waals surface area contributed by atoms with Crippen LogP contribution in [0.1, 0.15) is 23.4 Å². The van der Waals surface area contributed by atoms with Gasteiger partial charge in [0, 0.05) is 27.6 Å². The third-order valence-corrected chi connectivity index (χ3v) is 7.42. The number of thiazole rings is 1. The summed E-state index contributed by atoms with van der Waals surface area (Å²) in [6.45, 7) is 2.13. The molecule has 0 bridgehead atoms. The number of rotatable bonds is 6. The van der Waals surface area contributed by atoms with Gasteiger partial charge in [0.05, 0.1) is 22.4 Å². The molecule has 1 unspecified atom stereocenters. The smallest absolute Gasteiger partial charge is 0.338 e. The van der Waals surface area contributed by atoms with Crippen molar-refractivity contribution in [2.24, 2.45) is 4.99 Å². The lowest BCUT2D eigenvalue weighted by molar-refractivity contribution is -0.140. The van der Waals surface area contributed by atoms with Crippen LogP contribution < -0.4 is 14.9 Å². The number of esters is 1. The Bertz CT molecular complexity index is 1350. The van der Waals surface area contributed by atoms with Crippen LogP contribution in [-0.2, 0) is 14.3 Å². The summed E-state index contributed by atoms with van der Waals surface area (Å²) in [4.78, 5) is 32.3. The second kappa shape index (κ2) is 9.72. The lowest BCUT2D eigenvalue weighted by Gasteiger charge is -2.23. The zero-order valence-corrected chi connectivity index (χ0v) is 20.3. The maximum Gasteiger partial charge on any atom is 0.338 e. The van der Waals surface area contributed by atoms with Crippen LogP contribution in [0.3, 0.4) is 0 Å². The fourth-order valence-electron chi connectivity index (χ4n) is 3.37. The summed E-state index contributed by atoms with van der Waals surface area (Å²) in [7, 11) is 1.53. The van der Waals surface area contributed by atoms with Gasteiger partial charge in [-0.25, -0.2) is 9.79 Å². The first-order chi connectivity index (χ1) is 15.4. The molecule has 0 saturated heterocycles. The van der Waals surface area contributed by atoms with E-state index in [0.29, 0.717) is 36.2 Å². The molecule has 32 heavy (non-hydrogen) atoms. The van der Waals surface area contributed by atoms with Crippen LogP contribution in [0.25, 0.3) is 6.08 Å². The quantitative estimate of drug-likeness (QED) is 0.375. The first-order valence-corrected chi connectivity index (χ1v) is 12.0. The van der Waals surface area contributed by atoms with Crippen molar-refractivity contribution in [3.05, 3.63) is 87.2 Å². The lowest BCUT2D eigenvalue weighted by Crippen LogP contribution is -2.39. The Morgan fingerprint density at radius 3 is 2.62 bits per heavy atom. The number of methoxy groups -OCH3 is 1. The SMILES string of the molecule is COCCOC(=O)C1=C(C)N=c2sc(=Cc3c(Cl)cccc3Cl)c(=O)n2C1c1cccs1. The van der Waals surface area contributed by atoms with Gasteiger partial charge in [0.1, 0.15) is 12.6 Å². The van der Waals surface area contributed by atoms with E-state index < -0.39 is 12.0 Å². The largest absolute Gasteiger partial charge is 0.460 e. The van der Waals surface area contributed by atoms with E-state index in [0.717, 1.165) is 4.88 Å². The van der Waals surface area contributed by atoms with Crippen LogP contribution in [0.15, 0.2) is 56.8 Å². The Labute approximate surface area is 201 Å². The van der Waals surface area contributed by atoms with Crippen LogP contribution in [0.5, 0.6) is 0 Å². The van der Waals surface area contributed by atoms with Crippen molar-refractivity contribution in [2.45, 2.75) is 13.0 Å². The predicted molar refractivity (Wildman–Crippen MR) is 127 cm³/mol. The van der Waals surface area contributed by atoms with E-state index in [-0.39, 0.29) is 18.8 Å². The average molecular weight is 509 g/mol. The van der Waals surface area contributed by atoms with Crippen molar-refractivity contribution >= 4 is 57.9 Å². The predicted octanol–water partition coefficient (Wildman–Crippen LogP) is 3.79. The molecule has 6 nitrogen and oxygen atoms in total. The first kappa shape index (κ1) is 22.9. The molecular weight excluding hydrogens is 491 g/mol. The summed E-state index contributed by atoms with van der Waals surface area (Å²) in [6, 6.07) is 8.29. The van der Waals surface area contributed by atoms with Crippen molar-refractivity contribution in [1.29, 1.82) is 0 Å². The molecule has 0 saturated carbocycles. The van der Waals surface area contributed by atoms with E-state index in [9.17, 15) is 9.59 Å². The van der Waals surface area contributed by atoms with E-state index >= 15 is 0 Å². The summed E-state index contributed by atoms with van der Waals surface area (Å²) in [5.74, 6) is -0.523. The molecule has 3 heterocycles. The number of fused-ring (bicyclic) bond motifs is 1. The minimum Gasteiger partial charge on any atom is -0.460 e. The third-order valence-electron chi connectivity index (χ3n) is 4.85. The molecule has 1 aromatic carbocycles. The first-order valence-electron chi connectivity index (χ1n) is 9.58. The highest BCUT2D eigenvalue weighted by Crippen LogP contribution is 2.33. The topological polar surface area (TPSA) is 69.9 Å². The van der Waals surface area contributed by atoms with Gasteiger partial charge in [0.25, 0.3) is 5.56 Å². The maximum absolute atomic E-state index is 13.5. The van der Waals surface area contributed by atoms with Gasteiger partial charge < -0.3 is 9.47 Å². The summed E-state index contributed by atoms with van der Waals surface area (Å²) in [5, 5.41) is 2.78. The van der Waals surface area contributed by atoms with Gasteiger partial charge in [0.2, 0.25) is 0 Å². The highest BCUT2D eigenvalue weighted by molar-refractivity contribution is 7.10. The zero-order chi connectivity index (χ0) is 22.8. The summed E-state index contributed by atoms with van der Waals surface area (Å²) < 4.78 is 12.3. The van der Waals surface area contributed by atoms with Gasteiger partial charge in [-0.2, -0.15) is 0 Å². The molecule has 166 valence electrons. The number of thiophene rings is 1. The zero-order valence-electron chi connectivity index (χ0n) is 17.1. The molecule has 3 aromatic rings. The van der Waals surface area contributed by atoms with E-state index in [1.165, 1.54) is 34.4 Å². The standard InChI is InChI=1S/C22H18Cl2N2O4S2/c1-12-18(21(28)30-9-8-29-2)19(16-7-4-10-31-16)26-20(27)17(32-22(26)25-12)11-13-14(23)5-3-6-15(13)24/h3-7,10-11,19H,8-9H2,1-2H3. The van der Waals surface area contributed by atoms with Crippen LogP contribution in [0.4, 0.5) is 0 Å². The number of hydrogen-bond donors (Lipinski definition) is 0. The monoisotopic (exact) mass is 508 g/mol.